The van der Waals surface area contributed by atoms with Crippen molar-refractivity contribution in [2.75, 3.05) is 17.7 Å². The van der Waals surface area contributed by atoms with Gasteiger partial charge in [-0.15, -0.1) is 0 Å². The number of amides is 2. The van der Waals surface area contributed by atoms with Crippen LogP contribution in [0.4, 0.5) is 16.2 Å². The van der Waals surface area contributed by atoms with Crippen LogP contribution in [0.2, 0.25) is 0 Å². The van der Waals surface area contributed by atoms with Crippen molar-refractivity contribution in [3.8, 4) is 11.1 Å². The fourth-order valence-corrected chi connectivity index (χ4v) is 4.37. The SMILES string of the molecule is Nc1ccc(-c2ccccc2)cc1NC(=O)c1ccc(CN2C(=O)OC[C@@H]2Cc2ccccc2)cc1. The zero-order chi connectivity index (χ0) is 24.9. The number of benzene rings is 4. The number of rotatable bonds is 7. The molecule has 0 aromatic heterocycles. The van der Waals surface area contributed by atoms with Gasteiger partial charge in [0.25, 0.3) is 5.91 Å². The van der Waals surface area contributed by atoms with E-state index < -0.39 is 0 Å². The third kappa shape index (κ3) is 5.23. The van der Waals surface area contributed by atoms with Gasteiger partial charge in [-0.2, -0.15) is 0 Å². The van der Waals surface area contributed by atoms with E-state index in [2.05, 4.69) is 17.4 Å². The molecule has 4 aromatic carbocycles. The van der Waals surface area contributed by atoms with Crippen molar-refractivity contribution in [2.45, 2.75) is 19.0 Å². The summed E-state index contributed by atoms with van der Waals surface area (Å²) in [5.41, 5.74) is 11.8. The first-order chi connectivity index (χ1) is 17.6. The molecule has 0 spiro atoms. The highest BCUT2D eigenvalue weighted by atomic mass is 16.6. The van der Waals surface area contributed by atoms with E-state index >= 15 is 0 Å². The third-order valence-electron chi connectivity index (χ3n) is 6.37. The summed E-state index contributed by atoms with van der Waals surface area (Å²) in [7, 11) is 0. The summed E-state index contributed by atoms with van der Waals surface area (Å²) in [6.07, 6.45) is 0.419. The van der Waals surface area contributed by atoms with Gasteiger partial charge in [0.2, 0.25) is 0 Å². The number of nitrogens with one attached hydrogen (secondary N) is 1. The van der Waals surface area contributed by atoms with Gasteiger partial charge in [0.15, 0.2) is 0 Å². The fourth-order valence-electron chi connectivity index (χ4n) is 4.37. The smallest absolute Gasteiger partial charge is 0.410 e. The molecule has 0 aliphatic carbocycles. The third-order valence-corrected chi connectivity index (χ3v) is 6.37. The lowest BCUT2D eigenvalue weighted by atomic mass is 10.0. The summed E-state index contributed by atoms with van der Waals surface area (Å²) in [5, 5.41) is 2.92. The molecule has 0 bridgehead atoms. The van der Waals surface area contributed by atoms with E-state index in [0.29, 0.717) is 30.1 Å². The summed E-state index contributed by atoms with van der Waals surface area (Å²) in [5.74, 6) is -0.249. The number of ether oxygens (including phenoxy) is 1. The predicted molar refractivity (Wildman–Crippen MR) is 142 cm³/mol. The van der Waals surface area contributed by atoms with Crippen LogP contribution in [-0.4, -0.2) is 29.5 Å². The van der Waals surface area contributed by atoms with Crippen molar-refractivity contribution in [3.05, 3.63) is 120 Å². The molecule has 0 saturated carbocycles. The number of carbonyl (C=O) groups excluding carboxylic acids is 2. The second-order valence-corrected chi connectivity index (χ2v) is 8.87. The van der Waals surface area contributed by atoms with Gasteiger partial charge in [-0.25, -0.2) is 4.79 Å². The van der Waals surface area contributed by atoms with E-state index in [-0.39, 0.29) is 18.0 Å². The van der Waals surface area contributed by atoms with E-state index in [9.17, 15) is 9.59 Å². The van der Waals surface area contributed by atoms with E-state index in [1.54, 1.807) is 23.1 Å². The number of hydrogen-bond acceptors (Lipinski definition) is 4. The van der Waals surface area contributed by atoms with E-state index in [1.165, 1.54) is 0 Å². The lowest BCUT2D eigenvalue weighted by molar-refractivity contribution is 0.102. The second kappa shape index (κ2) is 10.4. The Bertz CT molecular complexity index is 1360. The number of hydrogen-bond donors (Lipinski definition) is 2. The highest BCUT2D eigenvalue weighted by Crippen LogP contribution is 2.28. The molecule has 3 N–H and O–H groups in total. The first-order valence-corrected chi connectivity index (χ1v) is 11.9. The maximum absolute atomic E-state index is 12.9. The minimum Gasteiger partial charge on any atom is -0.447 e. The molecular weight excluding hydrogens is 450 g/mol. The van der Waals surface area contributed by atoms with Gasteiger partial charge in [-0.3, -0.25) is 9.69 Å². The van der Waals surface area contributed by atoms with Gasteiger partial charge in [-0.05, 0) is 52.9 Å². The molecule has 0 unspecified atom stereocenters. The van der Waals surface area contributed by atoms with Crippen molar-refractivity contribution in [1.29, 1.82) is 0 Å². The van der Waals surface area contributed by atoms with Crippen LogP contribution in [0.5, 0.6) is 0 Å². The molecule has 1 atom stereocenters. The summed E-state index contributed by atoms with van der Waals surface area (Å²) in [4.78, 5) is 27.0. The minimum absolute atomic E-state index is 0.0252. The zero-order valence-corrected chi connectivity index (χ0v) is 19.8. The number of nitrogens with two attached hydrogens (primary N) is 1. The average molecular weight is 478 g/mol. The van der Waals surface area contributed by atoms with Crippen molar-refractivity contribution >= 4 is 23.4 Å². The molecule has 6 nitrogen and oxygen atoms in total. The predicted octanol–water partition coefficient (Wildman–Crippen LogP) is 5.75. The summed E-state index contributed by atoms with van der Waals surface area (Å²) < 4.78 is 5.31. The topological polar surface area (TPSA) is 84.7 Å². The van der Waals surface area contributed by atoms with E-state index in [0.717, 1.165) is 28.7 Å². The Balaban J connectivity index is 1.26. The van der Waals surface area contributed by atoms with Crippen LogP contribution in [0, 0.1) is 0 Å². The zero-order valence-electron chi connectivity index (χ0n) is 19.8. The highest BCUT2D eigenvalue weighted by molar-refractivity contribution is 6.06. The molecule has 1 aliphatic rings. The van der Waals surface area contributed by atoms with Crippen LogP contribution in [0.25, 0.3) is 11.1 Å². The molecule has 1 saturated heterocycles. The molecule has 6 heteroatoms. The summed E-state index contributed by atoms with van der Waals surface area (Å²) in [6.45, 7) is 0.794. The number of carbonyl (C=O) groups is 2. The molecule has 1 fully saturated rings. The first-order valence-electron chi connectivity index (χ1n) is 11.9. The maximum Gasteiger partial charge on any atom is 0.410 e. The monoisotopic (exact) mass is 477 g/mol. The fraction of sp³-hybridized carbons (Fsp3) is 0.133. The molecule has 5 rings (SSSR count). The van der Waals surface area contributed by atoms with Gasteiger partial charge < -0.3 is 15.8 Å². The van der Waals surface area contributed by atoms with Crippen LogP contribution in [0.15, 0.2) is 103 Å². The Morgan fingerprint density at radius 1 is 0.861 bits per heavy atom. The van der Waals surface area contributed by atoms with Crippen LogP contribution >= 0.6 is 0 Å². The molecule has 4 aromatic rings. The molecule has 36 heavy (non-hydrogen) atoms. The normalized spacial score (nSPS) is 14.9. The Kier molecular flexibility index (Phi) is 6.67. The van der Waals surface area contributed by atoms with Gasteiger partial charge in [0, 0.05) is 12.1 Å². The van der Waals surface area contributed by atoms with Crippen LogP contribution < -0.4 is 11.1 Å². The summed E-state index contributed by atoms with van der Waals surface area (Å²) in [6, 6.07) is 32.8. The van der Waals surface area contributed by atoms with Crippen molar-refractivity contribution < 1.29 is 14.3 Å². The quantitative estimate of drug-likeness (QED) is 0.332. The maximum atomic E-state index is 12.9. The Morgan fingerprint density at radius 3 is 2.28 bits per heavy atom. The van der Waals surface area contributed by atoms with Gasteiger partial charge in [0.1, 0.15) is 6.61 Å². The van der Waals surface area contributed by atoms with Crippen LogP contribution in [0.3, 0.4) is 0 Å². The van der Waals surface area contributed by atoms with Gasteiger partial charge >= 0.3 is 6.09 Å². The van der Waals surface area contributed by atoms with Crippen molar-refractivity contribution in [1.82, 2.24) is 4.90 Å². The Morgan fingerprint density at radius 2 is 1.56 bits per heavy atom. The molecule has 2 amide bonds. The molecular formula is C30H27N3O3. The Labute approximate surface area is 210 Å². The summed E-state index contributed by atoms with van der Waals surface area (Å²) >= 11 is 0. The minimum atomic E-state index is -0.313. The highest BCUT2D eigenvalue weighted by Gasteiger charge is 2.32. The van der Waals surface area contributed by atoms with Crippen LogP contribution in [-0.2, 0) is 17.7 Å². The largest absolute Gasteiger partial charge is 0.447 e. The van der Waals surface area contributed by atoms with E-state index in [1.807, 2.05) is 72.8 Å². The second-order valence-electron chi connectivity index (χ2n) is 8.87. The number of anilines is 2. The molecule has 1 heterocycles. The first kappa shape index (κ1) is 23.2. The van der Waals surface area contributed by atoms with Crippen molar-refractivity contribution in [2.24, 2.45) is 0 Å². The molecule has 0 radical (unpaired) electrons. The van der Waals surface area contributed by atoms with E-state index in [4.69, 9.17) is 10.5 Å². The lowest BCUT2D eigenvalue weighted by Gasteiger charge is -2.21. The standard InChI is InChI=1S/C30H27N3O3/c31-27-16-15-25(23-9-5-2-6-10-23)18-28(27)32-29(34)24-13-11-22(12-14-24)19-33-26(20-36-30(33)35)17-21-7-3-1-4-8-21/h1-16,18,26H,17,19-20,31H2,(H,32,34)/t26-/m0/s1. The number of cyclic esters (lactones) is 1. The molecule has 1 aliphatic heterocycles. The van der Waals surface area contributed by atoms with Gasteiger partial charge in [0.05, 0.1) is 17.4 Å². The van der Waals surface area contributed by atoms with Gasteiger partial charge in [-0.1, -0.05) is 78.9 Å². The van der Waals surface area contributed by atoms with Crippen LogP contribution in [0.1, 0.15) is 21.5 Å². The molecule has 180 valence electrons. The number of nitrogens with zero attached hydrogens (tertiary/aromatic N) is 1. The Hall–Kier alpha value is -4.58. The lowest BCUT2D eigenvalue weighted by Crippen LogP contribution is -2.34. The average Bonchev–Trinajstić information content (AvgIpc) is 3.25. The van der Waals surface area contributed by atoms with Crippen molar-refractivity contribution in [3.63, 3.8) is 0 Å². The number of nitrogen functional groups attached to an aromatic ring is 1.